The lowest BCUT2D eigenvalue weighted by Crippen LogP contribution is -2.36. The van der Waals surface area contributed by atoms with E-state index in [0.29, 0.717) is 24.7 Å². The molecule has 7 heteroatoms. The van der Waals surface area contributed by atoms with Crippen LogP contribution in [0.3, 0.4) is 0 Å². The summed E-state index contributed by atoms with van der Waals surface area (Å²) in [6.45, 7) is 1.56. The van der Waals surface area contributed by atoms with Crippen LogP contribution in [0.1, 0.15) is 18.4 Å². The van der Waals surface area contributed by atoms with Gasteiger partial charge in [-0.05, 0) is 6.07 Å². The second-order valence-electron chi connectivity index (χ2n) is 4.55. The number of rotatable bonds is 5. The number of para-hydroxylation sites is 1. The number of hydrogen-bond acceptors (Lipinski definition) is 4. The smallest absolute Gasteiger partial charge is 0.315 e. The van der Waals surface area contributed by atoms with Gasteiger partial charge in [0.05, 0.1) is 19.6 Å². The molecule has 1 aliphatic heterocycles. The van der Waals surface area contributed by atoms with Crippen LogP contribution in [0.25, 0.3) is 0 Å². The Morgan fingerprint density at radius 2 is 2.00 bits per heavy atom. The lowest BCUT2D eigenvalue weighted by atomic mass is 10.2. The van der Waals surface area contributed by atoms with E-state index in [2.05, 4.69) is 10.6 Å². The van der Waals surface area contributed by atoms with Gasteiger partial charge in [0.15, 0.2) is 11.5 Å². The van der Waals surface area contributed by atoms with Crippen LogP contribution in [0.2, 0.25) is 0 Å². The minimum atomic E-state index is -0.950. The van der Waals surface area contributed by atoms with Gasteiger partial charge in [0.1, 0.15) is 0 Å². The Hall–Kier alpha value is -2.44. The third-order valence-corrected chi connectivity index (χ3v) is 2.92. The van der Waals surface area contributed by atoms with Crippen LogP contribution in [0.15, 0.2) is 18.2 Å². The van der Waals surface area contributed by atoms with E-state index in [-0.39, 0.29) is 19.5 Å². The van der Waals surface area contributed by atoms with Gasteiger partial charge in [0, 0.05) is 25.1 Å². The number of hydrogen-bond donors (Lipinski definition) is 3. The van der Waals surface area contributed by atoms with Crippen molar-refractivity contribution < 1.29 is 24.2 Å². The van der Waals surface area contributed by atoms with E-state index >= 15 is 0 Å². The van der Waals surface area contributed by atoms with E-state index in [0.717, 1.165) is 12.0 Å². The van der Waals surface area contributed by atoms with Crippen molar-refractivity contribution in [2.45, 2.75) is 19.4 Å². The van der Waals surface area contributed by atoms with Gasteiger partial charge >= 0.3 is 12.0 Å². The number of carbonyl (C=O) groups is 2. The van der Waals surface area contributed by atoms with Gasteiger partial charge in [-0.3, -0.25) is 4.79 Å². The summed E-state index contributed by atoms with van der Waals surface area (Å²) in [7, 11) is 0. The van der Waals surface area contributed by atoms with E-state index in [1.165, 1.54) is 0 Å². The predicted octanol–water partition coefficient (Wildman–Crippen LogP) is 1.12. The molecular weight excluding hydrogens is 276 g/mol. The van der Waals surface area contributed by atoms with Gasteiger partial charge in [-0.1, -0.05) is 12.1 Å². The molecule has 0 fully saturated rings. The van der Waals surface area contributed by atoms with Crippen molar-refractivity contribution in [3.05, 3.63) is 23.8 Å². The zero-order valence-electron chi connectivity index (χ0n) is 11.6. The summed E-state index contributed by atoms with van der Waals surface area (Å²) in [5.74, 6) is 0.383. The molecule has 2 rings (SSSR count). The molecule has 1 aliphatic rings. The maximum atomic E-state index is 11.5. The standard InChI is InChI=1S/C14H18N2O5/c17-12(18)5-6-15-14(19)16-9-10-3-1-4-11-13(10)21-8-2-7-20-11/h1,3-4H,2,5-9H2,(H,17,18)(H2,15,16,19). The largest absolute Gasteiger partial charge is 0.490 e. The summed E-state index contributed by atoms with van der Waals surface area (Å²) < 4.78 is 11.2. The molecule has 0 bridgehead atoms. The number of amides is 2. The molecule has 1 aromatic carbocycles. The van der Waals surface area contributed by atoms with Gasteiger partial charge in [-0.15, -0.1) is 0 Å². The number of carbonyl (C=O) groups excluding carboxylic acids is 1. The fourth-order valence-electron chi connectivity index (χ4n) is 1.91. The molecule has 114 valence electrons. The first-order valence-electron chi connectivity index (χ1n) is 6.78. The number of ether oxygens (including phenoxy) is 2. The number of urea groups is 1. The Balaban J connectivity index is 1.88. The normalized spacial score (nSPS) is 13.1. The van der Waals surface area contributed by atoms with Crippen LogP contribution >= 0.6 is 0 Å². The maximum Gasteiger partial charge on any atom is 0.315 e. The minimum Gasteiger partial charge on any atom is -0.490 e. The first-order chi connectivity index (χ1) is 10.2. The van der Waals surface area contributed by atoms with Crippen molar-refractivity contribution in [1.29, 1.82) is 0 Å². The topological polar surface area (TPSA) is 96.9 Å². The Bertz CT molecular complexity index is 518. The fourth-order valence-corrected chi connectivity index (χ4v) is 1.91. The Labute approximate surface area is 122 Å². The van der Waals surface area contributed by atoms with Crippen LogP contribution in [0.5, 0.6) is 11.5 Å². The molecule has 3 N–H and O–H groups in total. The number of aliphatic carboxylic acids is 1. The van der Waals surface area contributed by atoms with Gasteiger partial charge < -0.3 is 25.2 Å². The van der Waals surface area contributed by atoms with Crippen LogP contribution in [-0.2, 0) is 11.3 Å². The van der Waals surface area contributed by atoms with Crippen molar-refractivity contribution in [2.24, 2.45) is 0 Å². The molecule has 7 nitrogen and oxygen atoms in total. The van der Waals surface area contributed by atoms with Gasteiger partial charge in [-0.25, -0.2) is 4.79 Å². The second-order valence-corrected chi connectivity index (χ2v) is 4.55. The quantitative estimate of drug-likeness (QED) is 0.756. The highest BCUT2D eigenvalue weighted by Crippen LogP contribution is 2.32. The number of nitrogens with one attached hydrogen (secondary N) is 2. The van der Waals surface area contributed by atoms with E-state index in [9.17, 15) is 9.59 Å². The summed E-state index contributed by atoms with van der Waals surface area (Å²) in [6, 6.07) is 5.11. The second kappa shape index (κ2) is 7.37. The molecule has 2 amide bonds. The van der Waals surface area contributed by atoms with E-state index in [4.69, 9.17) is 14.6 Å². The van der Waals surface area contributed by atoms with Crippen molar-refractivity contribution in [2.75, 3.05) is 19.8 Å². The van der Waals surface area contributed by atoms with E-state index in [1.807, 2.05) is 18.2 Å². The predicted molar refractivity (Wildman–Crippen MR) is 74.5 cm³/mol. The number of carboxylic acid groups (broad SMARTS) is 1. The summed E-state index contributed by atoms with van der Waals surface area (Å²) >= 11 is 0. The molecule has 0 aliphatic carbocycles. The molecule has 0 unspecified atom stereocenters. The van der Waals surface area contributed by atoms with Gasteiger partial charge in [0.2, 0.25) is 0 Å². The molecule has 0 atom stereocenters. The first-order valence-corrected chi connectivity index (χ1v) is 6.78. The van der Waals surface area contributed by atoms with Crippen molar-refractivity contribution in [3.63, 3.8) is 0 Å². The molecule has 21 heavy (non-hydrogen) atoms. The van der Waals surface area contributed by atoms with Crippen LogP contribution in [0.4, 0.5) is 4.79 Å². The number of benzene rings is 1. The Morgan fingerprint density at radius 1 is 1.19 bits per heavy atom. The summed E-state index contributed by atoms with van der Waals surface area (Å²) in [5, 5.41) is 13.6. The number of carboxylic acids is 1. The van der Waals surface area contributed by atoms with Crippen molar-refractivity contribution in [3.8, 4) is 11.5 Å². The summed E-state index contributed by atoms with van der Waals surface area (Å²) in [4.78, 5) is 21.9. The number of fused-ring (bicyclic) bond motifs is 1. The van der Waals surface area contributed by atoms with Crippen LogP contribution in [-0.4, -0.2) is 36.9 Å². The molecule has 0 saturated heterocycles. The molecule has 0 spiro atoms. The van der Waals surface area contributed by atoms with Gasteiger partial charge in [-0.2, -0.15) is 0 Å². The third-order valence-electron chi connectivity index (χ3n) is 2.92. The molecule has 0 radical (unpaired) electrons. The highest BCUT2D eigenvalue weighted by molar-refractivity contribution is 5.75. The Morgan fingerprint density at radius 3 is 2.81 bits per heavy atom. The highest BCUT2D eigenvalue weighted by atomic mass is 16.5. The zero-order chi connectivity index (χ0) is 15.1. The first kappa shape index (κ1) is 15.0. The van der Waals surface area contributed by atoms with Crippen LogP contribution < -0.4 is 20.1 Å². The highest BCUT2D eigenvalue weighted by Gasteiger charge is 2.14. The Kier molecular flexibility index (Phi) is 5.25. The third kappa shape index (κ3) is 4.55. The zero-order valence-corrected chi connectivity index (χ0v) is 11.6. The summed E-state index contributed by atoms with van der Waals surface area (Å²) in [5.41, 5.74) is 0.822. The monoisotopic (exact) mass is 294 g/mol. The average molecular weight is 294 g/mol. The average Bonchev–Trinajstić information content (AvgIpc) is 2.70. The molecule has 1 aromatic rings. The molecule has 0 saturated carbocycles. The summed E-state index contributed by atoms with van der Waals surface area (Å²) in [6.07, 6.45) is 0.711. The fraction of sp³-hybridized carbons (Fsp3) is 0.429. The lowest BCUT2D eigenvalue weighted by Gasteiger charge is -2.13. The van der Waals surface area contributed by atoms with E-state index < -0.39 is 12.0 Å². The molecule has 1 heterocycles. The minimum absolute atomic E-state index is 0.0909. The molecular formula is C14H18N2O5. The SMILES string of the molecule is O=C(O)CCNC(=O)NCc1cccc2c1OCCCO2. The lowest BCUT2D eigenvalue weighted by molar-refractivity contribution is -0.136. The maximum absolute atomic E-state index is 11.5. The van der Waals surface area contributed by atoms with Crippen molar-refractivity contribution >= 4 is 12.0 Å². The molecule has 0 aromatic heterocycles. The van der Waals surface area contributed by atoms with E-state index in [1.54, 1.807) is 0 Å². The van der Waals surface area contributed by atoms with Crippen LogP contribution in [0, 0.1) is 0 Å². The van der Waals surface area contributed by atoms with Crippen molar-refractivity contribution in [1.82, 2.24) is 10.6 Å². The van der Waals surface area contributed by atoms with Gasteiger partial charge in [0.25, 0.3) is 0 Å².